The Hall–Kier alpha value is -1.82. The maximum Gasteiger partial charge on any atom is 0.311 e. The van der Waals surface area contributed by atoms with Crippen molar-refractivity contribution in [3.05, 3.63) is 28.3 Å². The van der Waals surface area contributed by atoms with Crippen LogP contribution in [-0.4, -0.2) is 30.7 Å². The molecule has 1 aromatic carbocycles. The van der Waals surface area contributed by atoms with Gasteiger partial charge in [0.1, 0.15) is 12.4 Å². The van der Waals surface area contributed by atoms with Crippen LogP contribution in [0.1, 0.15) is 26.2 Å². The van der Waals surface area contributed by atoms with Crippen molar-refractivity contribution in [3.63, 3.8) is 0 Å². The van der Waals surface area contributed by atoms with Gasteiger partial charge in [0, 0.05) is 18.2 Å². The maximum atomic E-state index is 10.9. The van der Waals surface area contributed by atoms with E-state index in [9.17, 15) is 10.1 Å². The third kappa shape index (κ3) is 3.84. The molecule has 110 valence electrons. The molecule has 1 heterocycles. The lowest BCUT2D eigenvalue weighted by atomic mass is 10.2. The zero-order chi connectivity index (χ0) is 14.4. The lowest BCUT2D eigenvalue weighted by Crippen LogP contribution is -2.28. The highest BCUT2D eigenvalue weighted by Crippen LogP contribution is 2.31. The molecule has 0 aliphatic carbocycles. The highest BCUT2D eigenvalue weighted by Gasteiger charge is 2.18. The van der Waals surface area contributed by atoms with E-state index in [0.717, 1.165) is 19.4 Å². The van der Waals surface area contributed by atoms with E-state index in [2.05, 4.69) is 5.32 Å². The van der Waals surface area contributed by atoms with Gasteiger partial charge in [0.25, 0.3) is 0 Å². The summed E-state index contributed by atoms with van der Waals surface area (Å²) in [5.41, 5.74) is -0.0233. The van der Waals surface area contributed by atoms with Gasteiger partial charge in [-0.3, -0.25) is 10.1 Å². The van der Waals surface area contributed by atoms with Crippen molar-refractivity contribution in [3.8, 4) is 11.5 Å². The van der Waals surface area contributed by atoms with E-state index in [0.29, 0.717) is 25.0 Å². The van der Waals surface area contributed by atoms with Crippen molar-refractivity contribution in [1.29, 1.82) is 0 Å². The summed E-state index contributed by atoms with van der Waals surface area (Å²) in [5, 5.41) is 14.3. The van der Waals surface area contributed by atoms with Gasteiger partial charge in [-0.05, 0) is 31.9 Å². The normalized spacial score (nSPS) is 17.9. The van der Waals surface area contributed by atoms with Gasteiger partial charge in [-0.1, -0.05) is 6.92 Å². The minimum atomic E-state index is -0.437. The Morgan fingerprint density at radius 3 is 2.95 bits per heavy atom. The van der Waals surface area contributed by atoms with Gasteiger partial charge < -0.3 is 14.8 Å². The Balaban J connectivity index is 2.03. The topological polar surface area (TPSA) is 73.6 Å². The predicted molar refractivity (Wildman–Crippen MR) is 75.4 cm³/mol. The molecule has 6 heteroatoms. The summed E-state index contributed by atoms with van der Waals surface area (Å²) in [6.07, 6.45) is 3.07. The first-order valence-corrected chi connectivity index (χ1v) is 6.98. The Kier molecular flexibility index (Phi) is 5.17. The molecule has 1 aliphatic heterocycles. The van der Waals surface area contributed by atoms with Gasteiger partial charge in [0.2, 0.25) is 5.75 Å². The van der Waals surface area contributed by atoms with Crippen LogP contribution in [0.25, 0.3) is 0 Å². The summed E-state index contributed by atoms with van der Waals surface area (Å²) >= 11 is 0. The zero-order valence-electron chi connectivity index (χ0n) is 11.6. The van der Waals surface area contributed by atoms with E-state index in [1.165, 1.54) is 12.5 Å². The van der Waals surface area contributed by atoms with E-state index in [4.69, 9.17) is 9.47 Å². The molecule has 1 N–H and O–H groups in total. The minimum Gasteiger partial charge on any atom is -0.492 e. The van der Waals surface area contributed by atoms with E-state index < -0.39 is 4.92 Å². The molecule has 1 aromatic rings. The fourth-order valence-electron chi connectivity index (χ4n) is 2.16. The number of nitro benzene ring substituents is 1. The predicted octanol–water partition coefficient (Wildman–Crippen LogP) is 2.51. The van der Waals surface area contributed by atoms with Gasteiger partial charge in [0.15, 0.2) is 0 Å². The van der Waals surface area contributed by atoms with Crippen molar-refractivity contribution in [2.75, 3.05) is 19.8 Å². The monoisotopic (exact) mass is 280 g/mol. The third-order valence-electron chi connectivity index (χ3n) is 3.20. The van der Waals surface area contributed by atoms with Crippen LogP contribution in [0.3, 0.4) is 0 Å². The number of ether oxygens (including phenoxy) is 2. The number of nitrogens with zero attached hydrogens (tertiary/aromatic N) is 1. The SMILES string of the molecule is CCCOc1cc(OCC2CCCN2)ccc1[N+](=O)[O-]. The zero-order valence-corrected chi connectivity index (χ0v) is 11.6. The number of nitro groups is 1. The Morgan fingerprint density at radius 2 is 2.30 bits per heavy atom. The number of benzene rings is 1. The molecule has 0 saturated carbocycles. The molecule has 0 radical (unpaired) electrons. The van der Waals surface area contributed by atoms with Crippen LogP contribution in [0, 0.1) is 10.1 Å². The fourth-order valence-corrected chi connectivity index (χ4v) is 2.16. The van der Waals surface area contributed by atoms with Crippen LogP contribution in [0.2, 0.25) is 0 Å². The Labute approximate surface area is 118 Å². The third-order valence-corrected chi connectivity index (χ3v) is 3.20. The summed E-state index contributed by atoms with van der Waals surface area (Å²) < 4.78 is 11.1. The van der Waals surface area contributed by atoms with Crippen LogP contribution < -0.4 is 14.8 Å². The molecular weight excluding hydrogens is 260 g/mol. The van der Waals surface area contributed by atoms with Gasteiger partial charge >= 0.3 is 5.69 Å². The van der Waals surface area contributed by atoms with Crippen LogP contribution in [-0.2, 0) is 0 Å². The van der Waals surface area contributed by atoms with Crippen molar-refractivity contribution < 1.29 is 14.4 Å². The first kappa shape index (κ1) is 14.6. The molecule has 20 heavy (non-hydrogen) atoms. The largest absolute Gasteiger partial charge is 0.492 e. The second-order valence-corrected chi connectivity index (χ2v) is 4.84. The molecule has 0 spiro atoms. The van der Waals surface area contributed by atoms with E-state index in [-0.39, 0.29) is 11.4 Å². The van der Waals surface area contributed by atoms with Gasteiger partial charge in [-0.2, -0.15) is 0 Å². The first-order valence-electron chi connectivity index (χ1n) is 6.98. The van der Waals surface area contributed by atoms with Crippen molar-refractivity contribution in [2.45, 2.75) is 32.2 Å². The Morgan fingerprint density at radius 1 is 1.45 bits per heavy atom. The van der Waals surface area contributed by atoms with Crippen molar-refractivity contribution in [1.82, 2.24) is 5.32 Å². The van der Waals surface area contributed by atoms with Crippen LogP contribution in [0.4, 0.5) is 5.69 Å². The molecule has 0 amide bonds. The number of hydrogen-bond acceptors (Lipinski definition) is 5. The summed E-state index contributed by atoms with van der Waals surface area (Å²) in [4.78, 5) is 10.5. The van der Waals surface area contributed by atoms with Crippen LogP contribution in [0.5, 0.6) is 11.5 Å². The molecule has 1 aliphatic rings. The van der Waals surface area contributed by atoms with Gasteiger partial charge in [-0.25, -0.2) is 0 Å². The molecule has 1 saturated heterocycles. The van der Waals surface area contributed by atoms with Crippen LogP contribution >= 0.6 is 0 Å². The van der Waals surface area contributed by atoms with Gasteiger partial charge in [-0.15, -0.1) is 0 Å². The van der Waals surface area contributed by atoms with E-state index >= 15 is 0 Å². The molecular formula is C14H20N2O4. The quantitative estimate of drug-likeness (QED) is 0.613. The summed E-state index contributed by atoms with van der Waals surface area (Å²) in [6.45, 7) is 4.01. The number of hydrogen-bond donors (Lipinski definition) is 1. The summed E-state index contributed by atoms with van der Waals surface area (Å²) in [5.74, 6) is 0.879. The molecule has 1 unspecified atom stereocenters. The second kappa shape index (κ2) is 7.09. The lowest BCUT2D eigenvalue weighted by Gasteiger charge is -2.13. The number of nitrogens with one attached hydrogen (secondary N) is 1. The molecule has 0 bridgehead atoms. The summed E-state index contributed by atoms with van der Waals surface area (Å²) in [7, 11) is 0. The average Bonchev–Trinajstić information content (AvgIpc) is 2.96. The van der Waals surface area contributed by atoms with E-state index in [1.807, 2.05) is 6.92 Å². The lowest BCUT2D eigenvalue weighted by molar-refractivity contribution is -0.385. The minimum absolute atomic E-state index is 0.0233. The maximum absolute atomic E-state index is 10.9. The van der Waals surface area contributed by atoms with Crippen LogP contribution in [0.15, 0.2) is 18.2 Å². The molecule has 1 atom stereocenters. The smallest absolute Gasteiger partial charge is 0.311 e. The van der Waals surface area contributed by atoms with Gasteiger partial charge in [0.05, 0.1) is 11.5 Å². The molecule has 1 fully saturated rings. The molecule has 6 nitrogen and oxygen atoms in total. The Bertz CT molecular complexity index is 458. The standard InChI is InChI=1S/C14H20N2O4/c1-2-8-19-14-9-12(5-6-13(14)16(17)18)20-10-11-4-3-7-15-11/h5-6,9,11,15H,2-4,7-8,10H2,1H3. The second-order valence-electron chi connectivity index (χ2n) is 4.84. The average molecular weight is 280 g/mol. The highest BCUT2D eigenvalue weighted by atomic mass is 16.6. The fraction of sp³-hybridized carbons (Fsp3) is 0.571. The molecule has 0 aromatic heterocycles. The number of rotatable bonds is 7. The first-order chi connectivity index (χ1) is 9.70. The van der Waals surface area contributed by atoms with Crippen molar-refractivity contribution in [2.24, 2.45) is 0 Å². The summed E-state index contributed by atoms with van der Waals surface area (Å²) in [6, 6.07) is 5.02. The highest BCUT2D eigenvalue weighted by molar-refractivity contribution is 5.50. The van der Waals surface area contributed by atoms with E-state index in [1.54, 1.807) is 12.1 Å². The van der Waals surface area contributed by atoms with Crippen molar-refractivity contribution >= 4 is 5.69 Å². The molecule has 2 rings (SSSR count).